The van der Waals surface area contributed by atoms with Crippen molar-refractivity contribution in [2.24, 2.45) is 0 Å². The summed E-state index contributed by atoms with van der Waals surface area (Å²) in [7, 11) is 2.03. The first kappa shape index (κ1) is 8.02. The van der Waals surface area contributed by atoms with Crippen molar-refractivity contribution in [1.29, 1.82) is 0 Å². The molecule has 0 amide bonds. The van der Waals surface area contributed by atoms with E-state index >= 15 is 0 Å². The fourth-order valence-corrected chi connectivity index (χ4v) is 1.33. The maximum absolute atomic E-state index is 3.25. The van der Waals surface area contributed by atoms with Crippen LogP contribution in [0.4, 0.5) is 0 Å². The van der Waals surface area contributed by atoms with Gasteiger partial charge in [-0.15, -0.1) is 0 Å². The van der Waals surface area contributed by atoms with Crippen LogP contribution in [0, 0.1) is 5.92 Å². The molecule has 2 nitrogen and oxygen atoms in total. The molecule has 1 saturated heterocycles. The normalized spacial score (nSPS) is 21.6. The number of rotatable bonds is 3. The average Bonchev–Trinajstić information content (AvgIpc) is 1.76. The molecular formula is C8H17N2. The van der Waals surface area contributed by atoms with E-state index in [1.807, 2.05) is 7.05 Å². The lowest BCUT2D eigenvalue weighted by Gasteiger charge is -2.39. The number of likely N-dealkylation sites (tertiary alicyclic amines) is 1. The zero-order chi connectivity index (χ0) is 7.56. The predicted molar refractivity (Wildman–Crippen MR) is 43.9 cm³/mol. The minimum absolute atomic E-state index is 0.749. The Morgan fingerprint density at radius 1 is 1.50 bits per heavy atom. The molecule has 10 heavy (non-hydrogen) atoms. The van der Waals surface area contributed by atoms with Crippen molar-refractivity contribution >= 4 is 0 Å². The van der Waals surface area contributed by atoms with Gasteiger partial charge < -0.3 is 5.32 Å². The highest BCUT2D eigenvalue weighted by Gasteiger charge is 2.24. The van der Waals surface area contributed by atoms with Gasteiger partial charge in [0, 0.05) is 25.7 Å². The van der Waals surface area contributed by atoms with Crippen LogP contribution >= 0.6 is 0 Å². The maximum atomic E-state index is 3.25. The molecule has 59 valence electrons. The van der Waals surface area contributed by atoms with Crippen LogP contribution in [0.5, 0.6) is 0 Å². The molecule has 1 aliphatic rings. The summed E-state index contributed by atoms with van der Waals surface area (Å²) in [5, 5.41) is 3.25. The van der Waals surface area contributed by atoms with E-state index in [0.29, 0.717) is 0 Å². The molecule has 1 aliphatic heterocycles. The molecule has 1 heterocycles. The van der Waals surface area contributed by atoms with Crippen molar-refractivity contribution in [2.75, 3.05) is 26.7 Å². The Hall–Kier alpha value is -0.0800. The summed E-state index contributed by atoms with van der Waals surface area (Å²) in [6.45, 7) is 8.00. The Kier molecular flexibility index (Phi) is 2.69. The second-order valence-corrected chi connectivity index (χ2v) is 3.39. The molecule has 1 fully saturated rings. The average molecular weight is 141 g/mol. The van der Waals surface area contributed by atoms with Gasteiger partial charge in [-0.2, -0.15) is 0 Å². The third-order valence-electron chi connectivity index (χ3n) is 1.91. The molecule has 0 aromatic rings. The molecule has 1 rings (SSSR count). The van der Waals surface area contributed by atoms with Gasteiger partial charge in [-0.3, -0.25) is 4.90 Å². The summed E-state index contributed by atoms with van der Waals surface area (Å²) < 4.78 is 0. The Labute approximate surface area is 63.6 Å². The smallest absolute Gasteiger partial charge is 0.0320 e. The molecule has 0 spiro atoms. The third-order valence-corrected chi connectivity index (χ3v) is 1.91. The molecule has 1 radical (unpaired) electrons. The quantitative estimate of drug-likeness (QED) is 0.616. The first-order valence-corrected chi connectivity index (χ1v) is 3.91. The Morgan fingerprint density at radius 3 is 2.50 bits per heavy atom. The Morgan fingerprint density at radius 2 is 2.10 bits per heavy atom. The second kappa shape index (κ2) is 3.35. The fourth-order valence-electron chi connectivity index (χ4n) is 1.33. The van der Waals surface area contributed by atoms with Crippen LogP contribution in [0.1, 0.15) is 13.8 Å². The monoisotopic (exact) mass is 141 g/mol. The molecule has 0 unspecified atom stereocenters. The number of hydrogen-bond donors (Lipinski definition) is 1. The maximum Gasteiger partial charge on any atom is 0.0320 e. The highest BCUT2D eigenvalue weighted by molar-refractivity contribution is 4.91. The lowest BCUT2D eigenvalue weighted by Crippen LogP contribution is -2.57. The number of nitrogens with one attached hydrogen (secondary N) is 1. The largest absolute Gasteiger partial charge is 0.315 e. The van der Waals surface area contributed by atoms with Crippen LogP contribution in [0.3, 0.4) is 0 Å². The summed E-state index contributed by atoms with van der Waals surface area (Å²) in [6, 6.07) is 0.749. The molecule has 2 heteroatoms. The van der Waals surface area contributed by atoms with Crippen LogP contribution in [0.15, 0.2) is 0 Å². The van der Waals surface area contributed by atoms with E-state index in [4.69, 9.17) is 0 Å². The number of hydrogen-bond acceptors (Lipinski definition) is 2. The Balaban J connectivity index is 2.03. The lowest BCUT2D eigenvalue weighted by molar-refractivity contribution is 0.138. The summed E-state index contributed by atoms with van der Waals surface area (Å²) in [6.07, 6.45) is 0. The summed E-state index contributed by atoms with van der Waals surface area (Å²) >= 11 is 0. The third kappa shape index (κ3) is 1.96. The molecule has 0 aromatic carbocycles. The minimum atomic E-state index is 0.749. The van der Waals surface area contributed by atoms with Gasteiger partial charge in [0.1, 0.15) is 0 Å². The van der Waals surface area contributed by atoms with Crippen LogP contribution in [-0.4, -0.2) is 37.6 Å². The number of likely N-dealkylation sites (N-methyl/N-ethyl adjacent to an activating group) is 1. The van der Waals surface area contributed by atoms with Gasteiger partial charge in [0.2, 0.25) is 0 Å². The summed E-state index contributed by atoms with van der Waals surface area (Å²) in [4.78, 5) is 2.45. The van der Waals surface area contributed by atoms with Crippen molar-refractivity contribution in [1.82, 2.24) is 10.2 Å². The lowest BCUT2D eigenvalue weighted by atomic mass is 10.1. The second-order valence-electron chi connectivity index (χ2n) is 3.39. The van der Waals surface area contributed by atoms with Crippen molar-refractivity contribution in [3.05, 3.63) is 5.92 Å². The van der Waals surface area contributed by atoms with E-state index in [2.05, 4.69) is 24.1 Å². The van der Waals surface area contributed by atoms with Gasteiger partial charge in [0.15, 0.2) is 0 Å². The van der Waals surface area contributed by atoms with Crippen LogP contribution in [0.2, 0.25) is 0 Å². The van der Waals surface area contributed by atoms with E-state index < -0.39 is 0 Å². The van der Waals surface area contributed by atoms with Crippen LogP contribution < -0.4 is 5.32 Å². The minimum Gasteiger partial charge on any atom is -0.315 e. The molecule has 0 saturated carbocycles. The zero-order valence-electron chi connectivity index (χ0n) is 7.15. The highest BCUT2D eigenvalue weighted by Crippen LogP contribution is 2.10. The van der Waals surface area contributed by atoms with Crippen LogP contribution in [0.25, 0.3) is 0 Å². The van der Waals surface area contributed by atoms with Crippen molar-refractivity contribution in [3.63, 3.8) is 0 Å². The van der Waals surface area contributed by atoms with Crippen molar-refractivity contribution < 1.29 is 0 Å². The first-order valence-electron chi connectivity index (χ1n) is 3.91. The van der Waals surface area contributed by atoms with Crippen molar-refractivity contribution in [2.45, 2.75) is 19.9 Å². The van der Waals surface area contributed by atoms with Gasteiger partial charge in [0.05, 0.1) is 0 Å². The van der Waals surface area contributed by atoms with E-state index in [1.54, 1.807) is 0 Å². The van der Waals surface area contributed by atoms with E-state index in [1.165, 1.54) is 25.6 Å². The predicted octanol–water partition coefficient (Wildman–Crippen LogP) is 0.504. The molecule has 0 atom stereocenters. The molecule has 0 aromatic heterocycles. The molecule has 0 bridgehead atoms. The van der Waals surface area contributed by atoms with Gasteiger partial charge in [0.25, 0.3) is 0 Å². The van der Waals surface area contributed by atoms with Crippen LogP contribution in [-0.2, 0) is 0 Å². The topological polar surface area (TPSA) is 15.3 Å². The number of nitrogens with zero attached hydrogens (tertiary/aromatic N) is 1. The summed E-state index contributed by atoms with van der Waals surface area (Å²) in [5.74, 6) is 1.51. The van der Waals surface area contributed by atoms with Gasteiger partial charge in [-0.25, -0.2) is 0 Å². The van der Waals surface area contributed by atoms with E-state index in [9.17, 15) is 0 Å². The molecular weight excluding hydrogens is 124 g/mol. The van der Waals surface area contributed by atoms with Crippen molar-refractivity contribution in [3.8, 4) is 0 Å². The highest BCUT2D eigenvalue weighted by atomic mass is 15.2. The van der Waals surface area contributed by atoms with E-state index in [0.717, 1.165) is 6.04 Å². The molecule has 1 N–H and O–H groups in total. The van der Waals surface area contributed by atoms with Gasteiger partial charge in [-0.05, 0) is 13.0 Å². The standard InChI is InChI=1S/C8H17N2/c1-7(2)4-10-5-8(6-10)9-3/h8-9H,4-6H2,1-3H3. The zero-order valence-corrected chi connectivity index (χ0v) is 7.15. The summed E-state index contributed by atoms with van der Waals surface area (Å²) in [5.41, 5.74) is 0. The van der Waals surface area contributed by atoms with Gasteiger partial charge in [-0.1, -0.05) is 13.8 Å². The Bertz CT molecular complexity index is 95.4. The fraction of sp³-hybridized carbons (Fsp3) is 0.875. The first-order chi connectivity index (χ1) is 4.72. The van der Waals surface area contributed by atoms with E-state index in [-0.39, 0.29) is 0 Å². The SMILES string of the molecule is CNC1CN(C[C](C)C)C1. The molecule has 0 aliphatic carbocycles. The van der Waals surface area contributed by atoms with Gasteiger partial charge >= 0.3 is 0 Å².